The summed E-state index contributed by atoms with van der Waals surface area (Å²) < 4.78 is 1.42. The average Bonchev–Trinajstić information content (AvgIpc) is 2.37. The second-order valence-corrected chi connectivity index (χ2v) is 5.65. The van der Waals surface area contributed by atoms with Gasteiger partial charge >= 0.3 is 0 Å². The maximum Gasteiger partial charge on any atom is 0.0786 e. The maximum absolute atomic E-state index is 2.33. The van der Waals surface area contributed by atoms with E-state index in [0.29, 0.717) is 0 Å². The lowest BCUT2D eigenvalue weighted by Crippen LogP contribution is -3.00. The van der Waals surface area contributed by atoms with Crippen LogP contribution in [-0.4, -0.2) is 140 Å². The molecule has 0 aromatic carbocycles. The predicted octanol–water partition coefficient (Wildman–Crippen LogP) is -14.5. The Kier molecular flexibility index (Phi) is 849. The van der Waals surface area contributed by atoms with Gasteiger partial charge < -0.3 is 119 Å². The first-order chi connectivity index (χ1) is 8.24. The largest absolute Gasteiger partial charge is 1.00 e. The zero-order chi connectivity index (χ0) is 13.0. The molecule has 0 saturated heterocycles. The molecule has 0 atom stereocenters. The van der Waals surface area contributed by atoms with E-state index >= 15 is 0 Å². The van der Waals surface area contributed by atoms with Gasteiger partial charge in [0, 0.05) is 0 Å². The minimum absolute atomic E-state index is 0. The molecule has 0 aliphatic rings. The molecular weight excluding hydrogens is 545 g/mol. The van der Waals surface area contributed by atoms with Crippen LogP contribution >= 0.6 is 0 Å². The topological polar surface area (TPSA) is 630 Å². The van der Waals surface area contributed by atoms with Crippen molar-refractivity contribution in [3.05, 3.63) is 0 Å². The third kappa shape index (κ3) is 112. The van der Waals surface area contributed by atoms with Crippen LogP contribution in [-0.2, 0) is 0 Å². The lowest BCUT2D eigenvalue weighted by Gasteiger charge is -2.39. The highest BCUT2D eigenvalue weighted by Gasteiger charge is 2.24. The van der Waals surface area contributed by atoms with Crippen LogP contribution in [0, 0.1) is 0 Å². The molecule has 272 valence electrons. The molecule has 22 heteroatoms. The van der Waals surface area contributed by atoms with E-state index in [0.717, 1.165) is 0 Å². The summed E-state index contributed by atoms with van der Waals surface area (Å²) in [4.78, 5) is 0. The fourth-order valence-corrected chi connectivity index (χ4v) is 2.64. The second-order valence-electron chi connectivity index (χ2n) is 5.65. The van der Waals surface area contributed by atoms with E-state index in [4.69, 9.17) is 0 Å². The van der Waals surface area contributed by atoms with Gasteiger partial charge in [-0.3, -0.25) is 0 Å². The summed E-state index contributed by atoms with van der Waals surface area (Å²) in [5.41, 5.74) is 0. The number of unbranched alkanes of at least 4 members (excludes halogenated alkanes) is 4. The Balaban J connectivity index is -0.00000000610. The Labute approximate surface area is 225 Å². The minimum atomic E-state index is 0. The summed E-state index contributed by atoms with van der Waals surface area (Å²) in [7, 11) is 0. The fraction of sp³-hybridized carbons (Fsp3) is 1.00. The van der Waals surface area contributed by atoms with Crippen molar-refractivity contribution in [3.63, 3.8) is 0 Å². The zero-order valence-corrected chi connectivity index (χ0v) is 23.3. The summed E-state index contributed by atoms with van der Waals surface area (Å²) in [5.74, 6) is 0. The molecule has 0 aliphatic carbocycles. The average molecular weight is 622 g/mol. The highest BCUT2D eigenvalue weighted by molar-refractivity contribution is 4.49. The zero-order valence-electron chi connectivity index (χ0n) is 23.3. The molecule has 0 bridgehead atoms. The van der Waals surface area contributed by atoms with Gasteiger partial charge in [0.2, 0.25) is 0 Å². The molecule has 0 amide bonds. The van der Waals surface area contributed by atoms with Crippen LogP contribution in [0.4, 0.5) is 0 Å². The molecule has 0 rings (SSSR count). The van der Waals surface area contributed by atoms with Crippen molar-refractivity contribution in [2.45, 2.75) is 79.1 Å². The van der Waals surface area contributed by atoms with E-state index in [1.54, 1.807) is 0 Å². The van der Waals surface area contributed by atoms with E-state index in [-0.39, 0.29) is 114 Å². The molecular formula is C16H76FNO20. The smallest absolute Gasteiger partial charge is 0.0786 e. The first-order valence-electron chi connectivity index (χ1n) is 8.09. The molecule has 0 unspecified atom stereocenters. The van der Waals surface area contributed by atoms with Gasteiger partial charge in [-0.05, 0) is 25.7 Å². The van der Waals surface area contributed by atoms with Gasteiger partial charge in [-0.1, -0.05) is 53.4 Å². The molecule has 0 fully saturated rings. The van der Waals surface area contributed by atoms with Crippen LogP contribution < -0.4 is 4.70 Å². The van der Waals surface area contributed by atoms with Crippen LogP contribution in [0.25, 0.3) is 0 Å². The van der Waals surface area contributed by atoms with Crippen LogP contribution in [0.15, 0.2) is 0 Å². The Morgan fingerprint density at radius 3 is 0.447 bits per heavy atom. The highest BCUT2D eigenvalue weighted by Crippen LogP contribution is 2.16. The molecule has 0 radical (unpaired) electrons. The van der Waals surface area contributed by atoms with E-state index in [2.05, 4.69) is 27.7 Å². The van der Waals surface area contributed by atoms with E-state index < -0.39 is 0 Å². The van der Waals surface area contributed by atoms with Crippen molar-refractivity contribution in [3.8, 4) is 0 Å². The summed E-state index contributed by atoms with van der Waals surface area (Å²) >= 11 is 0. The van der Waals surface area contributed by atoms with E-state index in [9.17, 15) is 0 Å². The van der Waals surface area contributed by atoms with Crippen molar-refractivity contribution in [1.82, 2.24) is 0 Å². The molecule has 21 nitrogen and oxygen atoms in total. The van der Waals surface area contributed by atoms with E-state index in [1.165, 1.54) is 82.0 Å². The van der Waals surface area contributed by atoms with Crippen molar-refractivity contribution in [1.29, 1.82) is 0 Å². The molecule has 0 spiro atoms. The number of quaternary nitrogens is 1. The summed E-state index contributed by atoms with van der Waals surface area (Å²) in [6.07, 6.45) is 11.1. The van der Waals surface area contributed by atoms with Crippen LogP contribution in [0.2, 0.25) is 0 Å². The maximum atomic E-state index is 2.33. The van der Waals surface area contributed by atoms with Crippen LogP contribution in [0.5, 0.6) is 0 Å². The van der Waals surface area contributed by atoms with Gasteiger partial charge in [0.15, 0.2) is 0 Å². The van der Waals surface area contributed by atoms with Crippen molar-refractivity contribution >= 4 is 0 Å². The molecule has 38 heavy (non-hydrogen) atoms. The second kappa shape index (κ2) is 152. The SMILES string of the molecule is CCCC[N+](CCCC)(CCCC)CCCC.O.O.O.O.O.O.O.O.O.O.O.O.O.O.O.O.O.O.O.O.[F-]. The van der Waals surface area contributed by atoms with E-state index in [1.807, 2.05) is 0 Å². The number of halogens is 1. The summed E-state index contributed by atoms with van der Waals surface area (Å²) in [5, 5.41) is 0. The molecule has 0 aliphatic heterocycles. The third-order valence-electron chi connectivity index (χ3n) is 3.94. The Morgan fingerprint density at radius 1 is 0.263 bits per heavy atom. The summed E-state index contributed by atoms with van der Waals surface area (Å²) in [6, 6.07) is 0. The Bertz CT molecular complexity index is 160. The minimum Gasteiger partial charge on any atom is -1.00 e. The Hall–Kier alpha value is -0.910. The van der Waals surface area contributed by atoms with Crippen LogP contribution in [0.1, 0.15) is 79.1 Å². The van der Waals surface area contributed by atoms with Crippen molar-refractivity contribution in [2.75, 3.05) is 26.2 Å². The number of rotatable bonds is 12. The van der Waals surface area contributed by atoms with Gasteiger partial charge in [-0.2, -0.15) is 0 Å². The fourth-order valence-electron chi connectivity index (χ4n) is 2.64. The molecule has 0 heterocycles. The molecule has 0 saturated carbocycles. The molecule has 40 N–H and O–H groups in total. The van der Waals surface area contributed by atoms with Gasteiger partial charge in [-0.15, -0.1) is 0 Å². The Morgan fingerprint density at radius 2 is 0.368 bits per heavy atom. The highest BCUT2D eigenvalue weighted by atomic mass is 19.0. The normalized spacial score (nSPS) is 5.37. The lowest BCUT2D eigenvalue weighted by molar-refractivity contribution is -0.929. The van der Waals surface area contributed by atoms with Crippen LogP contribution in [0.3, 0.4) is 0 Å². The lowest BCUT2D eigenvalue weighted by atomic mass is 10.1. The molecule has 0 aromatic heterocycles. The van der Waals surface area contributed by atoms with Gasteiger partial charge in [0.1, 0.15) is 0 Å². The first kappa shape index (κ1) is 212. The van der Waals surface area contributed by atoms with Gasteiger partial charge in [0.25, 0.3) is 0 Å². The number of hydrogen-bond acceptors (Lipinski definition) is 0. The van der Waals surface area contributed by atoms with Gasteiger partial charge in [0.05, 0.1) is 26.2 Å². The summed E-state index contributed by atoms with van der Waals surface area (Å²) in [6.45, 7) is 15.0. The predicted molar refractivity (Wildman–Crippen MR) is 152 cm³/mol. The quantitative estimate of drug-likeness (QED) is 0.183. The standard InChI is InChI=1S/C16H36N.FH.20H2O/c1-5-9-13-17(14-10-6-2,15-11-7-3)16-12-8-4;;;;;;;;;;;;;;;;;;;;;/h5-16H2,1-4H3;1H;20*1H2/q+1;;;;;;;;;;;;;;;;;;;;;/p-1. The number of nitrogens with zero attached hydrogens (tertiary/aromatic N) is 1. The number of hydrogen-bond donors (Lipinski definition) is 0. The third-order valence-corrected chi connectivity index (χ3v) is 3.94. The first-order valence-corrected chi connectivity index (χ1v) is 8.09. The van der Waals surface area contributed by atoms with Crippen molar-refractivity contribution in [2.24, 2.45) is 0 Å². The monoisotopic (exact) mass is 621 g/mol. The van der Waals surface area contributed by atoms with Crippen molar-refractivity contribution < 1.29 is 119 Å². The molecule has 0 aromatic rings. The van der Waals surface area contributed by atoms with Gasteiger partial charge in [-0.25, -0.2) is 0 Å².